The van der Waals surface area contributed by atoms with Crippen molar-refractivity contribution in [2.24, 2.45) is 0 Å². The van der Waals surface area contributed by atoms with Crippen LogP contribution >= 0.6 is 0 Å². The number of halogens is 1. The van der Waals surface area contributed by atoms with E-state index in [2.05, 4.69) is 0 Å². The van der Waals surface area contributed by atoms with Gasteiger partial charge in [0.2, 0.25) is 0 Å². The van der Waals surface area contributed by atoms with Gasteiger partial charge in [0.1, 0.15) is 17.3 Å². The number of benzene rings is 2. The summed E-state index contributed by atoms with van der Waals surface area (Å²) in [6, 6.07) is 11.7. The first-order chi connectivity index (χ1) is 9.06. The fourth-order valence-electron chi connectivity index (χ4n) is 1.79. The summed E-state index contributed by atoms with van der Waals surface area (Å²) in [5.41, 5.74) is 7.27. The lowest BCUT2D eigenvalue weighted by atomic mass is 10.2. The zero-order valence-corrected chi connectivity index (χ0v) is 11.1. The minimum absolute atomic E-state index is 0.327. The minimum atomic E-state index is -0.327. The first-order valence-corrected chi connectivity index (χ1v) is 6.02. The number of hydrogen-bond donors (Lipinski definition) is 1. The van der Waals surface area contributed by atoms with Crippen LogP contribution in [0, 0.1) is 5.82 Å². The van der Waals surface area contributed by atoms with Crippen LogP contribution in [0.3, 0.4) is 0 Å². The third-order valence-electron chi connectivity index (χ3n) is 2.65. The van der Waals surface area contributed by atoms with Crippen molar-refractivity contribution in [1.29, 1.82) is 0 Å². The number of nitrogens with zero attached hydrogens (tertiary/aromatic N) is 1. The molecule has 0 aliphatic rings. The number of para-hydroxylation sites is 2. The van der Waals surface area contributed by atoms with Gasteiger partial charge < -0.3 is 15.4 Å². The quantitative estimate of drug-likeness (QED) is 0.856. The molecule has 2 aromatic carbocycles. The molecule has 0 saturated heterocycles. The maximum Gasteiger partial charge on any atom is 0.150 e. The molecule has 0 aromatic heterocycles. The average Bonchev–Trinajstić information content (AvgIpc) is 2.35. The van der Waals surface area contributed by atoms with Crippen molar-refractivity contribution in [3.63, 3.8) is 0 Å². The second-order valence-electron chi connectivity index (χ2n) is 4.63. The molecule has 2 rings (SSSR count). The number of ether oxygens (including phenoxy) is 1. The van der Waals surface area contributed by atoms with Crippen molar-refractivity contribution < 1.29 is 9.13 Å². The molecule has 3 nitrogen and oxygen atoms in total. The number of anilines is 1. The molecule has 2 N–H and O–H groups in total. The highest BCUT2D eigenvalue weighted by molar-refractivity contribution is 5.54. The highest BCUT2D eigenvalue weighted by Gasteiger charge is 2.09. The van der Waals surface area contributed by atoms with Crippen molar-refractivity contribution in [2.75, 3.05) is 19.8 Å². The molecule has 0 radical (unpaired) electrons. The molecule has 4 heteroatoms. The van der Waals surface area contributed by atoms with E-state index in [1.807, 2.05) is 31.1 Å². The molecule has 0 fully saturated rings. The first kappa shape index (κ1) is 13.4. The molecule has 0 spiro atoms. The van der Waals surface area contributed by atoms with Crippen molar-refractivity contribution >= 4 is 5.69 Å². The van der Waals surface area contributed by atoms with Gasteiger partial charge in [-0.05, 0) is 32.3 Å². The van der Waals surface area contributed by atoms with Crippen LogP contribution in [0.15, 0.2) is 42.5 Å². The van der Waals surface area contributed by atoms with E-state index in [0.717, 1.165) is 5.56 Å². The Morgan fingerprint density at radius 2 is 1.84 bits per heavy atom. The summed E-state index contributed by atoms with van der Waals surface area (Å²) < 4.78 is 19.1. The van der Waals surface area contributed by atoms with Crippen molar-refractivity contribution in [3.05, 3.63) is 53.8 Å². The van der Waals surface area contributed by atoms with E-state index in [4.69, 9.17) is 10.5 Å². The van der Waals surface area contributed by atoms with Crippen molar-refractivity contribution in [1.82, 2.24) is 4.90 Å². The standard InChI is InChI=1S/C15H17FN2O/c1-18(2)10-11-7-8-12(16)9-15(11)19-14-6-4-3-5-13(14)17/h3-9H,10,17H2,1-2H3/i16-1. The second-order valence-corrected chi connectivity index (χ2v) is 4.63. The van der Waals surface area contributed by atoms with Gasteiger partial charge in [-0.25, -0.2) is 4.39 Å². The van der Waals surface area contributed by atoms with E-state index >= 15 is 0 Å². The summed E-state index contributed by atoms with van der Waals surface area (Å²) in [6.07, 6.45) is 0. The topological polar surface area (TPSA) is 38.5 Å². The zero-order valence-electron chi connectivity index (χ0n) is 11.1. The Kier molecular flexibility index (Phi) is 4.02. The van der Waals surface area contributed by atoms with Gasteiger partial charge in [-0.1, -0.05) is 18.2 Å². The van der Waals surface area contributed by atoms with Crippen LogP contribution in [0.5, 0.6) is 11.5 Å². The van der Waals surface area contributed by atoms with E-state index < -0.39 is 0 Å². The van der Waals surface area contributed by atoms with E-state index in [0.29, 0.717) is 23.7 Å². The molecule has 0 atom stereocenters. The van der Waals surface area contributed by atoms with Gasteiger partial charge in [0.05, 0.1) is 5.69 Å². The van der Waals surface area contributed by atoms with Crippen LogP contribution in [-0.4, -0.2) is 19.0 Å². The smallest absolute Gasteiger partial charge is 0.150 e. The van der Waals surface area contributed by atoms with Gasteiger partial charge >= 0.3 is 0 Å². The van der Waals surface area contributed by atoms with E-state index in [1.54, 1.807) is 18.2 Å². The lowest BCUT2D eigenvalue weighted by Gasteiger charge is -2.15. The third-order valence-corrected chi connectivity index (χ3v) is 2.65. The summed E-state index contributed by atoms with van der Waals surface area (Å²) in [5.74, 6) is 0.701. The largest absolute Gasteiger partial charge is 0.455 e. The van der Waals surface area contributed by atoms with E-state index in [1.165, 1.54) is 12.1 Å². The van der Waals surface area contributed by atoms with Gasteiger partial charge in [-0.15, -0.1) is 0 Å². The van der Waals surface area contributed by atoms with Crippen molar-refractivity contribution in [3.8, 4) is 11.5 Å². The molecular formula is C15H17FN2O. The Morgan fingerprint density at radius 1 is 1.11 bits per heavy atom. The van der Waals surface area contributed by atoms with E-state index in [-0.39, 0.29) is 5.82 Å². The SMILES string of the molecule is CN(C)Cc1ccc([18F])cc1Oc1ccccc1N. The lowest BCUT2D eigenvalue weighted by molar-refractivity contribution is 0.387. The fraction of sp³-hybridized carbons (Fsp3) is 0.200. The fourth-order valence-corrected chi connectivity index (χ4v) is 1.79. The summed E-state index contributed by atoms with van der Waals surface area (Å²) >= 11 is 0. The molecule has 19 heavy (non-hydrogen) atoms. The second kappa shape index (κ2) is 5.71. The Bertz CT molecular complexity index is 570. The molecular weight excluding hydrogens is 242 g/mol. The summed E-state index contributed by atoms with van der Waals surface area (Å²) in [4.78, 5) is 1.99. The number of nitrogen functional groups attached to an aromatic ring is 1. The summed E-state index contributed by atoms with van der Waals surface area (Å²) in [7, 11) is 3.90. The number of hydrogen-bond acceptors (Lipinski definition) is 3. The van der Waals surface area contributed by atoms with Crippen LogP contribution in [-0.2, 0) is 6.54 Å². The average molecular weight is 259 g/mol. The van der Waals surface area contributed by atoms with Crippen molar-refractivity contribution in [2.45, 2.75) is 6.54 Å². The molecule has 0 aliphatic carbocycles. The monoisotopic (exact) mass is 259 g/mol. The van der Waals surface area contributed by atoms with Crippen LogP contribution in [0.25, 0.3) is 0 Å². The molecule has 2 aromatic rings. The molecule has 0 amide bonds. The van der Waals surface area contributed by atoms with Crippen LogP contribution in [0.1, 0.15) is 5.56 Å². The van der Waals surface area contributed by atoms with Gasteiger partial charge in [0.25, 0.3) is 0 Å². The number of rotatable bonds is 4. The predicted molar refractivity (Wildman–Crippen MR) is 74.7 cm³/mol. The molecule has 0 bridgehead atoms. The summed E-state index contributed by atoms with van der Waals surface area (Å²) in [5, 5.41) is 0. The van der Waals surface area contributed by atoms with Gasteiger partial charge in [0, 0.05) is 18.2 Å². The van der Waals surface area contributed by atoms with Crippen LogP contribution in [0.2, 0.25) is 0 Å². The molecule has 0 saturated carbocycles. The van der Waals surface area contributed by atoms with Crippen LogP contribution in [0.4, 0.5) is 10.1 Å². The summed E-state index contributed by atoms with van der Waals surface area (Å²) in [6.45, 7) is 0.669. The molecule has 0 aliphatic heterocycles. The third kappa shape index (κ3) is 3.45. The van der Waals surface area contributed by atoms with Gasteiger partial charge in [-0.3, -0.25) is 0 Å². The Labute approximate surface area is 112 Å². The maximum atomic E-state index is 13.4. The first-order valence-electron chi connectivity index (χ1n) is 6.02. The Hall–Kier alpha value is -2.07. The Balaban J connectivity index is 2.33. The number of nitrogens with two attached hydrogens (primary N) is 1. The highest BCUT2D eigenvalue weighted by Crippen LogP contribution is 2.30. The maximum absolute atomic E-state index is 13.4. The normalized spacial score (nSPS) is 10.7. The van der Waals surface area contributed by atoms with Gasteiger partial charge in [-0.2, -0.15) is 0 Å². The molecule has 0 unspecified atom stereocenters. The molecule has 0 heterocycles. The van der Waals surface area contributed by atoms with E-state index in [9.17, 15) is 4.39 Å². The lowest BCUT2D eigenvalue weighted by Crippen LogP contribution is -2.11. The molecule has 100 valence electrons. The zero-order chi connectivity index (χ0) is 13.8. The Morgan fingerprint density at radius 3 is 2.53 bits per heavy atom. The predicted octanol–water partition coefficient (Wildman–Crippen LogP) is 3.26. The minimum Gasteiger partial charge on any atom is -0.455 e. The van der Waals surface area contributed by atoms with Crippen LogP contribution < -0.4 is 10.5 Å². The van der Waals surface area contributed by atoms with Gasteiger partial charge in [0.15, 0.2) is 0 Å². The highest BCUT2D eigenvalue weighted by atomic mass is 18.2.